The van der Waals surface area contributed by atoms with Gasteiger partial charge in [-0.15, -0.1) is 11.3 Å². The van der Waals surface area contributed by atoms with Crippen LogP contribution in [0.3, 0.4) is 0 Å². The number of fused-ring (bicyclic) bond motifs is 12. The van der Waals surface area contributed by atoms with Gasteiger partial charge in [-0.05, 0) is 130 Å². The molecule has 9 aromatic carbocycles. The molecule has 0 unspecified atom stereocenters. The van der Waals surface area contributed by atoms with Crippen LogP contribution in [0.2, 0.25) is 0 Å². The molecule has 3 heterocycles. The molecule has 0 bridgehead atoms. The zero-order chi connectivity index (χ0) is 37.9. The smallest absolute Gasteiger partial charge is 0.264 e. The molecule has 0 aliphatic carbocycles. The van der Waals surface area contributed by atoms with E-state index in [0.29, 0.717) is 0 Å². The fraction of sp³-hybridized carbons (Fsp3) is 0.0566. The van der Waals surface area contributed by atoms with E-state index in [-0.39, 0.29) is 6.71 Å². The number of hydrogen-bond acceptors (Lipinski definition) is 3. The summed E-state index contributed by atoms with van der Waals surface area (Å²) in [6.45, 7) is 6.73. The van der Waals surface area contributed by atoms with Crippen molar-refractivity contribution in [2.75, 3.05) is 9.80 Å². The van der Waals surface area contributed by atoms with Gasteiger partial charge in [0.05, 0.1) is 5.69 Å². The number of benzene rings is 9. The molecule has 0 saturated heterocycles. The molecule has 268 valence electrons. The SMILES string of the molecule is Cc1ccc(N2c3cccc4c3B(c3cc(C)ccc3N4c3ccc(-c4cccc5c6ccccc6c6ccccc6c45)cc3)c3sc4ccc(C)cc4c32)cc1. The van der Waals surface area contributed by atoms with Crippen LogP contribution in [0.15, 0.2) is 170 Å². The molecular weight excluding hydrogens is 707 g/mol. The first kappa shape index (κ1) is 32.6. The monoisotopic (exact) mass is 744 g/mol. The molecular formula is C53H37BN2S. The van der Waals surface area contributed by atoms with Crippen LogP contribution in [0.4, 0.5) is 34.1 Å². The summed E-state index contributed by atoms with van der Waals surface area (Å²) in [5.74, 6) is 0. The van der Waals surface area contributed by atoms with Crippen molar-refractivity contribution in [3.8, 4) is 11.1 Å². The van der Waals surface area contributed by atoms with Crippen LogP contribution in [-0.4, -0.2) is 6.71 Å². The third-order valence-corrected chi connectivity index (χ3v) is 13.6. The number of aryl methyl sites for hydroxylation is 3. The number of hydrogen-bond donors (Lipinski definition) is 0. The van der Waals surface area contributed by atoms with E-state index in [9.17, 15) is 0 Å². The molecule has 0 amide bonds. The van der Waals surface area contributed by atoms with E-state index in [1.807, 2.05) is 11.3 Å². The van der Waals surface area contributed by atoms with Gasteiger partial charge in [0.2, 0.25) is 0 Å². The van der Waals surface area contributed by atoms with Crippen molar-refractivity contribution in [3.05, 3.63) is 187 Å². The minimum atomic E-state index is 0.120. The first-order chi connectivity index (χ1) is 28.0. The molecule has 0 radical (unpaired) electrons. The maximum absolute atomic E-state index is 2.54. The third-order valence-electron chi connectivity index (χ3n) is 12.4. The number of nitrogens with zero attached hydrogens (tertiary/aromatic N) is 2. The van der Waals surface area contributed by atoms with Crippen LogP contribution in [0.5, 0.6) is 0 Å². The molecule has 0 spiro atoms. The topological polar surface area (TPSA) is 6.48 Å². The van der Waals surface area contributed by atoms with Crippen LogP contribution in [-0.2, 0) is 0 Å². The maximum Gasteiger partial charge on any atom is 0.264 e. The summed E-state index contributed by atoms with van der Waals surface area (Å²) in [6.07, 6.45) is 0. The number of anilines is 6. The van der Waals surface area contributed by atoms with Crippen molar-refractivity contribution in [1.82, 2.24) is 0 Å². The summed E-state index contributed by atoms with van der Waals surface area (Å²) in [7, 11) is 0. The number of rotatable bonds is 3. The maximum atomic E-state index is 2.54. The largest absolute Gasteiger partial charge is 0.311 e. The average molecular weight is 745 g/mol. The van der Waals surface area contributed by atoms with E-state index in [1.165, 1.54) is 114 Å². The van der Waals surface area contributed by atoms with Gasteiger partial charge in [0.15, 0.2) is 0 Å². The quantitative estimate of drug-likeness (QED) is 0.131. The van der Waals surface area contributed by atoms with Crippen molar-refractivity contribution in [2.24, 2.45) is 0 Å². The third kappa shape index (κ3) is 4.71. The Bertz CT molecular complexity index is 3240. The zero-order valence-electron chi connectivity index (χ0n) is 32.0. The normalized spacial score (nSPS) is 13.1. The molecule has 0 fully saturated rings. The standard InChI is InChI=1S/C53H37BN2S/c1-32-18-24-37(25-19-32)56-48-17-9-16-47-51(48)54(53-52(56)44-30-33(2)21-29-49(44)57-53)45-31-34(3)20-28-46(45)55(47)36-26-22-35(23-27-36)38-14-8-15-43-41-11-5-4-10-39(41)40-12-6-7-13-42(40)50(38)43/h4-31H,1-3H3. The van der Waals surface area contributed by atoms with Crippen LogP contribution in [0, 0.1) is 20.8 Å². The molecule has 0 N–H and O–H groups in total. The van der Waals surface area contributed by atoms with Crippen LogP contribution in [0.1, 0.15) is 16.7 Å². The van der Waals surface area contributed by atoms with Gasteiger partial charge >= 0.3 is 0 Å². The highest BCUT2D eigenvalue weighted by Gasteiger charge is 2.45. The first-order valence-electron chi connectivity index (χ1n) is 19.9. The minimum Gasteiger partial charge on any atom is -0.311 e. The first-order valence-corrected chi connectivity index (χ1v) is 20.7. The molecule has 0 saturated carbocycles. The summed E-state index contributed by atoms with van der Waals surface area (Å²) < 4.78 is 2.74. The van der Waals surface area contributed by atoms with Crippen molar-refractivity contribution >= 4 is 110 Å². The predicted molar refractivity (Wildman–Crippen MR) is 248 cm³/mol. The molecule has 12 rings (SSSR count). The Hall–Kier alpha value is -6.62. The van der Waals surface area contributed by atoms with E-state index in [0.717, 1.165) is 5.69 Å². The fourth-order valence-corrected chi connectivity index (χ4v) is 11.2. The fourth-order valence-electron chi connectivity index (χ4n) is 9.88. The summed E-state index contributed by atoms with van der Waals surface area (Å²) in [5.41, 5.74) is 16.4. The van der Waals surface area contributed by atoms with Crippen LogP contribution in [0.25, 0.3) is 53.5 Å². The second kappa shape index (κ2) is 12.2. The summed E-state index contributed by atoms with van der Waals surface area (Å²) in [4.78, 5) is 5.05. The Balaban J connectivity index is 1.07. The molecule has 10 aromatic rings. The highest BCUT2D eigenvalue weighted by Crippen LogP contribution is 2.48. The van der Waals surface area contributed by atoms with Gasteiger partial charge in [-0.25, -0.2) is 0 Å². The lowest BCUT2D eigenvalue weighted by Crippen LogP contribution is -2.60. The molecule has 4 heteroatoms. The second-order valence-electron chi connectivity index (χ2n) is 15.9. The van der Waals surface area contributed by atoms with E-state index in [4.69, 9.17) is 0 Å². The number of thiophene rings is 1. The predicted octanol–water partition coefficient (Wildman–Crippen LogP) is 13.0. The van der Waals surface area contributed by atoms with Crippen molar-refractivity contribution < 1.29 is 0 Å². The Morgan fingerprint density at radius 3 is 1.74 bits per heavy atom. The van der Waals surface area contributed by atoms with Gasteiger partial charge < -0.3 is 9.80 Å². The highest BCUT2D eigenvalue weighted by molar-refractivity contribution is 7.33. The second-order valence-corrected chi connectivity index (χ2v) is 17.0. The van der Waals surface area contributed by atoms with E-state index >= 15 is 0 Å². The van der Waals surface area contributed by atoms with Gasteiger partial charge in [0.1, 0.15) is 0 Å². The summed E-state index contributed by atoms with van der Waals surface area (Å²) in [6, 6.07) is 63.8. The van der Waals surface area contributed by atoms with E-state index < -0.39 is 0 Å². The van der Waals surface area contributed by atoms with Crippen LogP contribution >= 0.6 is 11.3 Å². The molecule has 1 aromatic heterocycles. The van der Waals surface area contributed by atoms with Gasteiger partial charge in [0, 0.05) is 43.3 Å². The minimum absolute atomic E-state index is 0.120. The average Bonchev–Trinajstić information content (AvgIpc) is 3.62. The summed E-state index contributed by atoms with van der Waals surface area (Å²) >= 11 is 1.96. The van der Waals surface area contributed by atoms with Crippen molar-refractivity contribution in [2.45, 2.75) is 20.8 Å². The molecule has 2 aliphatic rings. The van der Waals surface area contributed by atoms with E-state index in [1.54, 1.807) is 0 Å². The van der Waals surface area contributed by atoms with Gasteiger partial charge in [-0.1, -0.05) is 132 Å². The Labute approximate surface area is 337 Å². The summed E-state index contributed by atoms with van der Waals surface area (Å²) in [5, 5.41) is 9.12. The molecule has 2 aliphatic heterocycles. The lowest BCUT2D eigenvalue weighted by atomic mass is 9.36. The lowest BCUT2D eigenvalue weighted by molar-refractivity contribution is 1.26. The van der Waals surface area contributed by atoms with Crippen molar-refractivity contribution in [1.29, 1.82) is 0 Å². The molecule has 2 nitrogen and oxygen atoms in total. The van der Waals surface area contributed by atoms with Crippen LogP contribution < -0.4 is 25.5 Å². The van der Waals surface area contributed by atoms with Gasteiger partial charge in [-0.2, -0.15) is 0 Å². The van der Waals surface area contributed by atoms with Crippen molar-refractivity contribution in [3.63, 3.8) is 0 Å². The Morgan fingerprint density at radius 1 is 0.439 bits per heavy atom. The van der Waals surface area contributed by atoms with Gasteiger partial charge in [0.25, 0.3) is 6.71 Å². The molecule has 0 atom stereocenters. The van der Waals surface area contributed by atoms with E-state index in [2.05, 4.69) is 200 Å². The van der Waals surface area contributed by atoms with Gasteiger partial charge in [-0.3, -0.25) is 0 Å². The zero-order valence-corrected chi connectivity index (χ0v) is 32.9. The Morgan fingerprint density at radius 2 is 1.00 bits per heavy atom. The Kier molecular flexibility index (Phi) is 6.97. The molecule has 57 heavy (non-hydrogen) atoms. The lowest BCUT2D eigenvalue weighted by Gasteiger charge is -2.43. The highest BCUT2D eigenvalue weighted by atomic mass is 32.1.